The molecule has 59 heavy (non-hydrogen) atoms. The molecule has 0 fully saturated rings. The van der Waals surface area contributed by atoms with E-state index in [-0.39, 0.29) is 17.1 Å². The number of phenols is 1. The molecular weight excluding hydrogens is 753 g/mol. The van der Waals surface area contributed by atoms with Gasteiger partial charge in [0.25, 0.3) is 0 Å². The Morgan fingerprint density at radius 1 is 0.475 bits per heavy atom. The van der Waals surface area contributed by atoms with Gasteiger partial charge >= 0.3 is 17.9 Å². The van der Waals surface area contributed by atoms with Gasteiger partial charge in [0.2, 0.25) is 0 Å². The third-order valence-electron chi connectivity index (χ3n) is 8.97. The summed E-state index contributed by atoms with van der Waals surface area (Å²) in [5, 5.41) is 10.4. The quantitative estimate of drug-likeness (QED) is 0.0209. The Hall–Kier alpha value is -6.88. The monoisotopic (exact) mass is 800 g/mol. The van der Waals surface area contributed by atoms with E-state index < -0.39 is 17.9 Å². The number of aromatic hydroxyl groups is 1. The molecule has 5 rings (SSSR count). The SMILES string of the molecule is C=CC(=O)OCCCCCCOc1ccc(C(=O)Oc2ccc(OC(=O)c3ccc(OCCCCCCOc4ccc(C(=O)c5ccccc5)c(O)c4)cc3)cc2)cc1. The minimum Gasteiger partial charge on any atom is -0.507 e. The number of ketones is 1. The molecule has 0 spiro atoms. The van der Waals surface area contributed by atoms with Crippen molar-refractivity contribution in [3.63, 3.8) is 0 Å². The summed E-state index contributed by atoms with van der Waals surface area (Å²) < 4.78 is 33.3. The molecule has 5 aromatic rings. The second kappa shape index (κ2) is 23.4. The van der Waals surface area contributed by atoms with Gasteiger partial charge in [-0.05, 0) is 136 Å². The minimum atomic E-state index is -0.538. The first-order valence-corrected chi connectivity index (χ1v) is 19.6. The van der Waals surface area contributed by atoms with Gasteiger partial charge in [-0.3, -0.25) is 4.79 Å². The van der Waals surface area contributed by atoms with Gasteiger partial charge in [-0.1, -0.05) is 36.9 Å². The van der Waals surface area contributed by atoms with Crippen LogP contribution in [0.2, 0.25) is 0 Å². The van der Waals surface area contributed by atoms with Gasteiger partial charge in [-0.15, -0.1) is 0 Å². The van der Waals surface area contributed by atoms with Crippen LogP contribution in [0.4, 0.5) is 0 Å². The zero-order valence-corrected chi connectivity index (χ0v) is 32.8. The maximum absolute atomic E-state index is 12.7. The molecule has 0 saturated heterocycles. The van der Waals surface area contributed by atoms with E-state index in [0.29, 0.717) is 71.9 Å². The van der Waals surface area contributed by atoms with Crippen molar-refractivity contribution in [2.75, 3.05) is 26.4 Å². The fourth-order valence-electron chi connectivity index (χ4n) is 5.74. The van der Waals surface area contributed by atoms with Gasteiger partial charge in [0.1, 0.15) is 34.5 Å². The number of ether oxygens (including phenoxy) is 6. The summed E-state index contributed by atoms with van der Waals surface area (Å²) in [5.41, 5.74) is 1.46. The number of carbonyl (C=O) groups is 4. The highest BCUT2D eigenvalue weighted by molar-refractivity contribution is 6.10. The molecule has 11 nitrogen and oxygen atoms in total. The van der Waals surface area contributed by atoms with E-state index in [2.05, 4.69) is 6.58 Å². The summed E-state index contributed by atoms with van der Waals surface area (Å²) in [7, 11) is 0. The number of benzene rings is 5. The summed E-state index contributed by atoms with van der Waals surface area (Å²) in [5.74, 6) is 0.547. The molecule has 0 bridgehead atoms. The van der Waals surface area contributed by atoms with Gasteiger partial charge in [0.05, 0.1) is 43.1 Å². The second-order valence-electron chi connectivity index (χ2n) is 13.4. The van der Waals surface area contributed by atoms with E-state index in [1.807, 2.05) is 6.07 Å². The lowest BCUT2D eigenvalue weighted by atomic mass is 10.0. The molecule has 0 unspecified atom stereocenters. The van der Waals surface area contributed by atoms with E-state index in [1.165, 1.54) is 6.07 Å². The van der Waals surface area contributed by atoms with Crippen molar-refractivity contribution >= 4 is 23.7 Å². The summed E-state index contributed by atoms with van der Waals surface area (Å²) >= 11 is 0. The van der Waals surface area contributed by atoms with Crippen LogP contribution in [-0.2, 0) is 9.53 Å². The van der Waals surface area contributed by atoms with Crippen LogP contribution in [0.5, 0.6) is 34.5 Å². The van der Waals surface area contributed by atoms with E-state index in [0.717, 1.165) is 57.4 Å². The molecule has 0 aliphatic heterocycles. The van der Waals surface area contributed by atoms with E-state index in [9.17, 15) is 24.3 Å². The Morgan fingerprint density at radius 3 is 1.36 bits per heavy atom. The van der Waals surface area contributed by atoms with Crippen LogP contribution >= 0.6 is 0 Å². The zero-order valence-electron chi connectivity index (χ0n) is 32.8. The third-order valence-corrected chi connectivity index (χ3v) is 8.97. The molecular formula is C48H48O11. The first kappa shape index (κ1) is 43.2. The Balaban J connectivity index is 0.921. The van der Waals surface area contributed by atoms with Crippen molar-refractivity contribution in [2.24, 2.45) is 0 Å². The number of esters is 3. The molecule has 0 atom stereocenters. The summed E-state index contributed by atoms with van der Waals surface area (Å²) in [6.07, 6.45) is 8.18. The maximum Gasteiger partial charge on any atom is 0.343 e. The van der Waals surface area contributed by atoms with Crippen LogP contribution in [-0.4, -0.2) is 55.2 Å². The third kappa shape index (κ3) is 14.5. The van der Waals surface area contributed by atoms with Crippen LogP contribution < -0.4 is 23.7 Å². The number of carbonyl (C=O) groups excluding carboxylic acids is 4. The standard InChI is InChI=1S/C48H48O11/c1-2-45(50)57-33-13-6-5-11-31-55-39-22-18-37(19-23-39)48(53)59-41-26-24-40(25-27-41)58-47(52)36-16-20-38(21-17-36)54-30-10-3-4-12-32-56-42-28-29-43(44(49)34-42)46(51)35-14-8-7-9-15-35/h2,7-9,14-29,34,49H,1,3-6,10-13,30-33H2. The molecule has 0 radical (unpaired) electrons. The highest BCUT2D eigenvalue weighted by Gasteiger charge is 2.15. The first-order chi connectivity index (χ1) is 28.8. The minimum absolute atomic E-state index is 0.111. The maximum atomic E-state index is 12.7. The summed E-state index contributed by atoms with van der Waals surface area (Å²) in [4.78, 5) is 49.1. The molecule has 5 aromatic carbocycles. The number of hydrogen-bond acceptors (Lipinski definition) is 11. The van der Waals surface area contributed by atoms with Crippen molar-refractivity contribution in [1.82, 2.24) is 0 Å². The van der Waals surface area contributed by atoms with Crippen LogP contribution in [0.3, 0.4) is 0 Å². The van der Waals surface area contributed by atoms with Crippen LogP contribution in [0.25, 0.3) is 0 Å². The fourth-order valence-corrected chi connectivity index (χ4v) is 5.74. The Labute approximate surface area is 344 Å². The molecule has 0 aliphatic rings. The molecule has 306 valence electrons. The van der Waals surface area contributed by atoms with Crippen molar-refractivity contribution in [3.05, 3.63) is 156 Å². The lowest BCUT2D eigenvalue weighted by molar-refractivity contribution is -0.137. The average Bonchev–Trinajstić information content (AvgIpc) is 3.26. The Kier molecular flexibility index (Phi) is 17.1. The summed E-state index contributed by atoms with van der Waals surface area (Å²) in [6.45, 7) is 5.28. The number of phenolic OH excluding ortho intramolecular Hbond substituents is 1. The number of hydrogen-bond donors (Lipinski definition) is 1. The zero-order chi connectivity index (χ0) is 41.7. The van der Waals surface area contributed by atoms with Crippen molar-refractivity contribution in [3.8, 4) is 34.5 Å². The largest absolute Gasteiger partial charge is 0.507 e. The van der Waals surface area contributed by atoms with E-state index in [4.69, 9.17) is 28.4 Å². The normalized spacial score (nSPS) is 10.6. The molecule has 11 heteroatoms. The average molecular weight is 801 g/mol. The first-order valence-electron chi connectivity index (χ1n) is 19.6. The van der Waals surface area contributed by atoms with Gasteiger partial charge in [0.15, 0.2) is 5.78 Å². The number of rotatable bonds is 24. The molecule has 0 aliphatic carbocycles. The highest BCUT2D eigenvalue weighted by atomic mass is 16.5. The van der Waals surface area contributed by atoms with Gasteiger partial charge in [-0.25, -0.2) is 14.4 Å². The lowest BCUT2D eigenvalue weighted by Crippen LogP contribution is -2.10. The van der Waals surface area contributed by atoms with Crippen LogP contribution in [0.1, 0.15) is 88.0 Å². The molecule has 0 heterocycles. The highest BCUT2D eigenvalue weighted by Crippen LogP contribution is 2.27. The summed E-state index contributed by atoms with van der Waals surface area (Å²) in [6, 6.07) is 33.1. The topological polar surface area (TPSA) is 144 Å². The Morgan fingerprint density at radius 2 is 0.898 bits per heavy atom. The van der Waals surface area contributed by atoms with E-state index >= 15 is 0 Å². The van der Waals surface area contributed by atoms with Gasteiger partial charge in [-0.2, -0.15) is 0 Å². The molecule has 0 saturated carbocycles. The lowest BCUT2D eigenvalue weighted by Gasteiger charge is -2.10. The van der Waals surface area contributed by atoms with Crippen molar-refractivity contribution < 1.29 is 52.7 Å². The second-order valence-corrected chi connectivity index (χ2v) is 13.4. The number of unbranched alkanes of at least 4 members (excludes halogenated alkanes) is 6. The van der Waals surface area contributed by atoms with E-state index in [1.54, 1.807) is 109 Å². The van der Waals surface area contributed by atoms with Crippen LogP contribution in [0.15, 0.2) is 134 Å². The molecule has 0 amide bonds. The smallest absolute Gasteiger partial charge is 0.343 e. The van der Waals surface area contributed by atoms with Crippen molar-refractivity contribution in [1.29, 1.82) is 0 Å². The predicted octanol–water partition coefficient (Wildman–Crippen LogP) is 9.75. The van der Waals surface area contributed by atoms with Crippen molar-refractivity contribution in [2.45, 2.75) is 51.4 Å². The predicted molar refractivity (Wildman–Crippen MR) is 222 cm³/mol. The van der Waals surface area contributed by atoms with Gasteiger partial charge in [0, 0.05) is 17.7 Å². The molecule has 1 N–H and O–H groups in total. The fraction of sp³-hybridized carbons (Fsp3) is 0.250. The van der Waals surface area contributed by atoms with Gasteiger partial charge < -0.3 is 33.5 Å². The Bertz CT molecular complexity index is 2110. The van der Waals surface area contributed by atoms with Crippen LogP contribution in [0, 0.1) is 0 Å². The molecule has 0 aromatic heterocycles.